The number of hydrogen-bond acceptors (Lipinski definition) is 4. The summed E-state index contributed by atoms with van der Waals surface area (Å²) in [6, 6.07) is 4.00. The minimum absolute atomic E-state index is 0.0826. The van der Waals surface area contributed by atoms with Crippen molar-refractivity contribution in [3.05, 3.63) is 34.9 Å². The molecule has 18 heavy (non-hydrogen) atoms. The first-order valence-electron chi connectivity index (χ1n) is 5.43. The average molecular weight is 250 g/mol. The first-order chi connectivity index (χ1) is 8.32. The lowest BCUT2D eigenvalue weighted by Crippen LogP contribution is -2.18. The van der Waals surface area contributed by atoms with E-state index in [1.807, 2.05) is 0 Å². The molecule has 0 saturated heterocycles. The fourth-order valence-corrected chi connectivity index (χ4v) is 1.29. The zero-order valence-electron chi connectivity index (χ0n) is 10.4. The Morgan fingerprint density at radius 2 is 1.83 bits per heavy atom. The van der Waals surface area contributed by atoms with E-state index in [0.29, 0.717) is 5.56 Å². The number of carboxylic acids is 1. The van der Waals surface area contributed by atoms with Gasteiger partial charge in [0.15, 0.2) is 0 Å². The van der Waals surface area contributed by atoms with Crippen molar-refractivity contribution in [1.29, 1.82) is 0 Å². The van der Waals surface area contributed by atoms with E-state index >= 15 is 0 Å². The molecule has 0 aliphatic carbocycles. The molecule has 0 spiro atoms. The lowest BCUT2D eigenvalue weighted by Gasteiger charge is -2.07. The van der Waals surface area contributed by atoms with Crippen LogP contribution in [0.3, 0.4) is 0 Å². The zero-order valence-corrected chi connectivity index (χ0v) is 10.4. The van der Waals surface area contributed by atoms with Crippen LogP contribution in [0.5, 0.6) is 0 Å². The molecule has 0 aliphatic heterocycles. The molecular weight excluding hydrogens is 236 g/mol. The van der Waals surface area contributed by atoms with Crippen molar-refractivity contribution < 1.29 is 24.2 Å². The lowest BCUT2D eigenvalue weighted by atomic mass is 10.1. The van der Waals surface area contributed by atoms with Crippen LogP contribution in [0.4, 0.5) is 0 Å². The maximum absolute atomic E-state index is 11.7. The van der Waals surface area contributed by atoms with Gasteiger partial charge in [-0.25, -0.2) is 9.59 Å². The normalized spacial score (nSPS) is 10.2. The Morgan fingerprint density at radius 1 is 1.22 bits per heavy atom. The molecule has 0 radical (unpaired) electrons. The molecule has 1 N–H and O–H groups in total. The van der Waals surface area contributed by atoms with Crippen molar-refractivity contribution >= 4 is 17.9 Å². The Kier molecular flexibility index (Phi) is 4.20. The maximum Gasteiger partial charge on any atom is 0.346 e. The first kappa shape index (κ1) is 13.9. The molecule has 1 rings (SSSR count). The van der Waals surface area contributed by atoms with Gasteiger partial charge in [0, 0.05) is 0 Å². The van der Waals surface area contributed by atoms with Crippen LogP contribution < -0.4 is 0 Å². The molecule has 1 aromatic rings. The van der Waals surface area contributed by atoms with E-state index in [2.05, 4.69) is 4.74 Å². The summed E-state index contributed by atoms with van der Waals surface area (Å²) < 4.78 is 4.65. The van der Waals surface area contributed by atoms with Crippen LogP contribution in [-0.4, -0.2) is 23.0 Å². The van der Waals surface area contributed by atoms with Gasteiger partial charge < -0.3 is 9.84 Å². The van der Waals surface area contributed by atoms with Gasteiger partial charge in [-0.1, -0.05) is 13.8 Å². The predicted molar refractivity (Wildman–Crippen MR) is 63.4 cm³/mol. The number of ether oxygens (including phenoxy) is 1. The minimum Gasteiger partial charge on any atom is -0.478 e. The SMILES string of the molecule is Cc1cc(C(=O)O)ccc1C(=O)OC(=O)C(C)C. The summed E-state index contributed by atoms with van der Waals surface area (Å²) in [5, 5.41) is 8.79. The van der Waals surface area contributed by atoms with Crippen LogP contribution in [0.2, 0.25) is 0 Å². The molecular formula is C13H14O5. The quantitative estimate of drug-likeness (QED) is 0.655. The second kappa shape index (κ2) is 5.44. The van der Waals surface area contributed by atoms with Crippen molar-refractivity contribution in [1.82, 2.24) is 0 Å². The molecule has 0 aromatic heterocycles. The van der Waals surface area contributed by atoms with Gasteiger partial charge in [-0.3, -0.25) is 4.79 Å². The summed E-state index contributed by atoms with van der Waals surface area (Å²) in [6.45, 7) is 4.83. The summed E-state index contributed by atoms with van der Waals surface area (Å²) in [5.74, 6) is -2.84. The molecule has 5 nitrogen and oxygen atoms in total. The van der Waals surface area contributed by atoms with Gasteiger partial charge in [0.2, 0.25) is 0 Å². The Hall–Kier alpha value is -2.17. The van der Waals surface area contributed by atoms with E-state index in [1.165, 1.54) is 18.2 Å². The topological polar surface area (TPSA) is 80.7 Å². The van der Waals surface area contributed by atoms with E-state index in [-0.39, 0.29) is 11.1 Å². The van der Waals surface area contributed by atoms with Gasteiger partial charge in [-0.15, -0.1) is 0 Å². The highest BCUT2D eigenvalue weighted by atomic mass is 16.6. The van der Waals surface area contributed by atoms with Crippen molar-refractivity contribution in [2.75, 3.05) is 0 Å². The fraction of sp³-hybridized carbons (Fsp3) is 0.308. The third kappa shape index (κ3) is 3.16. The van der Waals surface area contributed by atoms with Gasteiger partial charge in [-0.2, -0.15) is 0 Å². The molecule has 0 atom stereocenters. The molecule has 0 heterocycles. The number of carbonyl (C=O) groups excluding carboxylic acids is 2. The third-order valence-electron chi connectivity index (χ3n) is 2.36. The average Bonchev–Trinajstić information content (AvgIpc) is 2.28. The summed E-state index contributed by atoms with van der Waals surface area (Å²) in [5.41, 5.74) is 0.727. The highest BCUT2D eigenvalue weighted by molar-refractivity contribution is 5.99. The molecule has 0 bridgehead atoms. The van der Waals surface area contributed by atoms with Crippen LogP contribution in [-0.2, 0) is 9.53 Å². The fourth-order valence-electron chi connectivity index (χ4n) is 1.29. The van der Waals surface area contributed by atoms with Gasteiger partial charge >= 0.3 is 17.9 Å². The van der Waals surface area contributed by atoms with Crippen LogP contribution in [0, 0.1) is 12.8 Å². The Labute approximate surface area is 104 Å². The number of esters is 2. The second-order valence-corrected chi connectivity index (χ2v) is 4.20. The Balaban J connectivity index is 2.94. The van der Waals surface area contributed by atoms with Gasteiger partial charge in [-0.05, 0) is 30.7 Å². The summed E-state index contributed by atoms with van der Waals surface area (Å²) >= 11 is 0. The molecule has 0 saturated carbocycles. The molecule has 0 amide bonds. The maximum atomic E-state index is 11.7. The zero-order chi connectivity index (χ0) is 13.9. The summed E-state index contributed by atoms with van der Waals surface area (Å²) in [6.07, 6.45) is 0. The number of aryl methyl sites for hydroxylation is 1. The number of carbonyl (C=O) groups is 3. The standard InChI is InChI=1S/C13H14O5/c1-7(2)12(16)18-13(17)10-5-4-9(11(14)15)6-8(10)3/h4-7H,1-3H3,(H,14,15). The number of hydrogen-bond donors (Lipinski definition) is 1. The van der Waals surface area contributed by atoms with Crippen LogP contribution in [0.1, 0.15) is 40.1 Å². The molecule has 0 fully saturated rings. The number of aromatic carboxylic acids is 1. The van der Waals surface area contributed by atoms with Crippen LogP contribution in [0.25, 0.3) is 0 Å². The van der Waals surface area contributed by atoms with E-state index in [4.69, 9.17) is 5.11 Å². The smallest absolute Gasteiger partial charge is 0.346 e. The molecule has 96 valence electrons. The van der Waals surface area contributed by atoms with Crippen LogP contribution >= 0.6 is 0 Å². The number of carboxylic acid groups (broad SMARTS) is 1. The Bertz CT molecular complexity index is 502. The molecule has 0 unspecified atom stereocenters. The largest absolute Gasteiger partial charge is 0.478 e. The highest BCUT2D eigenvalue weighted by Gasteiger charge is 2.18. The highest BCUT2D eigenvalue weighted by Crippen LogP contribution is 2.13. The third-order valence-corrected chi connectivity index (χ3v) is 2.36. The number of rotatable bonds is 3. The predicted octanol–water partition coefficient (Wildman–Crippen LogP) is 2.03. The first-order valence-corrected chi connectivity index (χ1v) is 5.43. The van der Waals surface area contributed by atoms with Gasteiger partial charge in [0.1, 0.15) is 0 Å². The van der Waals surface area contributed by atoms with Crippen molar-refractivity contribution in [3.8, 4) is 0 Å². The second-order valence-electron chi connectivity index (χ2n) is 4.20. The van der Waals surface area contributed by atoms with E-state index in [9.17, 15) is 14.4 Å². The van der Waals surface area contributed by atoms with Gasteiger partial charge in [0.05, 0.1) is 17.0 Å². The van der Waals surface area contributed by atoms with E-state index in [0.717, 1.165) is 0 Å². The van der Waals surface area contributed by atoms with Crippen LogP contribution in [0.15, 0.2) is 18.2 Å². The Morgan fingerprint density at radius 3 is 2.28 bits per heavy atom. The van der Waals surface area contributed by atoms with E-state index in [1.54, 1.807) is 20.8 Å². The lowest BCUT2D eigenvalue weighted by molar-refractivity contribution is -0.141. The monoisotopic (exact) mass is 250 g/mol. The summed E-state index contributed by atoms with van der Waals surface area (Å²) in [7, 11) is 0. The van der Waals surface area contributed by atoms with Crippen molar-refractivity contribution in [3.63, 3.8) is 0 Å². The van der Waals surface area contributed by atoms with E-state index < -0.39 is 23.8 Å². The van der Waals surface area contributed by atoms with Crippen molar-refractivity contribution in [2.24, 2.45) is 5.92 Å². The molecule has 5 heteroatoms. The van der Waals surface area contributed by atoms with Crippen molar-refractivity contribution in [2.45, 2.75) is 20.8 Å². The molecule has 1 aromatic carbocycles. The number of benzene rings is 1. The summed E-state index contributed by atoms with van der Waals surface area (Å²) in [4.78, 5) is 33.7. The minimum atomic E-state index is -1.07. The molecule has 0 aliphatic rings. The van der Waals surface area contributed by atoms with Gasteiger partial charge in [0.25, 0.3) is 0 Å².